The lowest BCUT2D eigenvalue weighted by molar-refractivity contribution is -0.143. The highest BCUT2D eigenvalue weighted by molar-refractivity contribution is 5.86. The number of carboxylic acids is 3. The molecule has 366 valence electrons. The van der Waals surface area contributed by atoms with Crippen LogP contribution in [0.15, 0.2) is 0 Å². The van der Waals surface area contributed by atoms with Crippen LogP contribution in [-0.2, 0) is 57.3 Å². The fraction of sp³-hybridized carbons (Fsp3) is 0.818. The van der Waals surface area contributed by atoms with Crippen LogP contribution in [0.2, 0.25) is 0 Å². The van der Waals surface area contributed by atoms with Crippen molar-refractivity contribution < 1.29 is 72.6 Å². The van der Waals surface area contributed by atoms with Crippen molar-refractivity contribution in [3.63, 3.8) is 0 Å². The van der Waals surface area contributed by atoms with Crippen LogP contribution in [0.4, 0.5) is 0 Å². The highest BCUT2D eigenvalue weighted by Gasteiger charge is 2.23. The molecule has 0 aromatic carbocycles. The monoisotopic (exact) mass is 905 g/mol. The molecule has 0 heterocycles. The molecule has 0 aliphatic rings. The predicted molar refractivity (Wildman–Crippen MR) is 235 cm³/mol. The number of hydrogen-bond acceptors (Lipinski definition) is 12. The van der Waals surface area contributed by atoms with Gasteiger partial charge in [0.05, 0.1) is 39.6 Å². The number of ketones is 1. The van der Waals surface area contributed by atoms with Crippen molar-refractivity contribution in [1.82, 2.24) is 21.3 Å². The number of Topliss-reactive ketones (excluding diaryl/α,β-unsaturated/α-hetero) is 1. The van der Waals surface area contributed by atoms with Gasteiger partial charge in [0.15, 0.2) is 5.78 Å². The maximum absolute atomic E-state index is 12.1. The summed E-state index contributed by atoms with van der Waals surface area (Å²) >= 11 is 0. The number of ether oxygens (including phenoxy) is 4. The van der Waals surface area contributed by atoms with Crippen LogP contribution in [-0.4, -0.2) is 141 Å². The van der Waals surface area contributed by atoms with Crippen LogP contribution in [0.3, 0.4) is 0 Å². The molecule has 7 N–H and O–H groups in total. The highest BCUT2D eigenvalue weighted by atomic mass is 16.5. The lowest BCUT2D eigenvalue weighted by Crippen LogP contribution is -2.43. The van der Waals surface area contributed by atoms with Crippen LogP contribution in [0.25, 0.3) is 0 Å². The molecule has 0 saturated heterocycles. The summed E-state index contributed by atoms with van der Waals surface area (Å²) in [4.78, 5) is 89.9. The third-order valence-corrected chi connectivity index (χ3v) is 9.46. The van der Waals surface area contributed by atoms with Crippen molar-refractivity contribution in [3.05, 3.63) is 0 Å². The minimum atomic E-state index is -1.22. The Morgan fingerprint density at radius 2 is 0.937 bits per heavy atom. The van der Waals surface area contributed by atoms with Crippen molar-refractivity contribution >= 4 is 47.8 Å². The quantitative estimate of drug-likeness (QED) is 0.0334. The zero-order valence-electron chi connectivity index (χ0n) is 38.3. The van der Waals surface area contributed by atoms with Gasteiger partial charge < -0.3 is 55.5 Å². The van der Waals surface area contributed by atoms with Crippen LogP contribution < -0.4 is 21.3 Å². The Kier molecular flexibility index (Phi) is 42.9. The summed E-state index contributed by atoms with van der Waals surface area (Å²) in [5.74, 6) is -4.14. The summed E-state index contributed by atoms with van der Waals surface area (Å²) in [5.41, 5.74) is 0. The van der Waals surface area contributed by atoms with Gasteiger partial charge in [-0.2, -0.15) is 0 Å². The Labute approximate surface area is 374 Å². The van der Waals surface area contributed by atoms with E-state index in [2.05, 4.69) is 21.3 Å². The molecule has 63 heavy (non-hydrogen) atoms. The van der Waals surface area contributed by atoms with E-state index in [1.54, 1.807) is 6.92 Å². The van der Waals surface area contributed by atoms with E-state index in [0.29, 0.717) is 78.4 Å². The number of carbonyl (C=O) groups is 8. The topological polar surface area (TPSA) is 282 Å². The summed E-state index contributed by atoms with van der Waals surface area (Å²) < 4.78 is 20.7. The maximum Gasteiger partial charge on any atom is 0.326 e. The van der Waals surface area contributed by atoms with Crippen molar-refractivity contribution in [3.8, 4) is 0 Å². The molecule has 1 unspecified atom stereocenters. The highest BCUT2D eigenvalue weighted by Crippen LogP contribution is 2.14. The molecule has 0 bridgehead atoms. The van der Waals surface area contributed by atoms with E-state index in [4.69, 9.17) is 29.2 Å². The first kappa shape index (κ1) is 60.9. The fourth-order valence-electron chi connectivity index (χ4n) is 5.74. The van der Waals surface area contributed by atoms with Gasteiger partial charge in [-0.3, -0.25) is 28.8 Å². The number of unbranched alkanes of at least 4 members (excludes halogenated alkanes) is 13. The molecular weight excluding hydrogens is 824 g/mol. The molecule has 0 aliphatic heterocycles. The molecule has 0 aliphatic carbocycles. The van der Waals surface area contributed by atoms with E-state index in [0.717, 1.165) is 38.5 Å². The van der Waals surface area contributed by atoms with Gasteiger partial charge in [0.1, 0.15) is 25.3 Å². The Bertz CT molecular complexity index is 1240. The van der Waals surface area contributed by atoms with E-state index in [1.165, 1.54) is 44.9 Å². The number of amides is 4. The number of nitrogens with one attached hydrogen (secondary N) is 4. The summed E-state index contributed by atoms with van der Waals surface area (Å²) in [6.07, 6.45) is 16.8. The van der Waals surface area contributed by atoms with Crippen LogP contribution in [0.1, 0.15) is 149 Å². The Hall–Kier alpha value is -4.20. The number of carboxylic acid groups (broad SMARTS) is 3. The zero-order chi connectivity index (χ0) is 47.4. The summed E-state index contributed by atoms with van der Waals surface area (Å²) in [6.45, 7) is 8.48. The summed E-state index contributed by atoms with van der Waals surface area (Å²) in [6, 6.07) is -2.18. The Morgan fingerprint density at radius 1 is 0.508 bits per heavy atom. The average Bonchev–Trinajstić information content (AvgIpc) is 3.23. The molecule has 0 radical (unpaired) electrons. The minimum Gasteiger partial charge on any atom is -0.481 e. The van der Waals surface area contributed by atoms with Crippen LogP contribution >= 0.6 is 0 Å². The first-order chi connectivity index (χ1) is 30.2. The summed E-state index contributed by atoms with van der Waals surface area (Å²) in [5, 5.41) is 37.0. The smallest absolute Gasteiger partial charge is 0.326 e. The number of aliphatic carboxylic acids is 3. The standard InChI is InChI=1S/C28H50N2O8.C16H30N2O7/c1-2-17-22(27(35)36)29-25(32)21-20-23(28(37)38)30-24(31)18-15-13-11-9-7-5-3-4-6-8-10-12-14-16-19-26(33)34;1-14(2)15(20)11-24-9-7-23-6-4-18-16(21)12-25-10-8-22-5-3-17-13-19/h22-23H,2-21H2,1H3,(H,29,32)(H,30,31)(H,33,34)(H,35,36)(H,37,38);13-14H,3-12H2,1-2H3,(H,17,19)(H,18,21)/t22-,23?;/m0./s1. The molecule has 0 rings (SSSR count). The van der Waals surface area contributed by atoms with Gasteiger partial charge in [-0.05, 0) is 25.7 Å². The van der Waals surface area contributed by atoms with Gasteiger partial charge >= 0.3 is 17.9 Å². The third kappa shape index (κ3) is 44.2. The predicted octanol–water partition coefficient (Wildman–Crippen LogP) is 4.17. The van der Waals surface area contributed by atoms with Crippen molar-refractivity contribution in [2.24, 2.45) is 5.92 Å². The van der Waals surface area contributed by atoms with Crippen molar-refractivity contribution in [1.29, 1.82) is 0 Å². The van der Waals surface area contributed by atoms with E-state index in [9.17, 15) is 43.5 Å². The van der Waals surface area contributed by atoms with Crippen LogP contribution in [0, 0.1) is 5.92 Å². The lowest BCUT2D eigenvalue weighted by Gasteiger charge is -2.16. The van der Waals surface area contributed by atoms with Crippen LogP contribution in [0.5, 0.6) is 0 Å². The second-order valence-corrected chi connectivity index (χ2v) is 15.5. The van der Waals surface area contributed by atoms with E-state index < -0.39 is 35.9 Å². The SMILES string of the molecule is CC(C)C(=O)COCCOCCNC(=O)COCCOCCNC=O.CCC[C@H](NC(=O)CCC(NC(=O)CCCCCCCCCCCCCCCCC(=O)O)C(=O)O)C(=O)O. The first-order valence-corrected chi connectivity index (χ1v) is 22.8. The fourth-order valence-corrected chi connectivity index (χ4v) is 5.74. The number of rotatable bonds is 44. The van der Waals surface area contributed by atoms with E-state index >= 15 is 0 Å². The normalized spacial score (nSPS) is 11.7. The van der Waals surface area contributed by atoms with Crippen molar-refractivity contribution in [2.45, 2.75) is 161 Å². The Balaban J connectivity index is 0. The maximum atomic E-state index is 12.1. The van der Waals surface area contributed by atoms with E-state index in [1.807, 2.05) is 13.8 Å². The molecule has 4 amide bonds. The zero-order valence-corrected chi connectivity index (χ0v) is 38.3. The Morgan fingerprint density at radius 3 is 1.40 bits per heavy atom. The van der Waals surface area contributed by atoms with E-state index in [-0.39, 0.29) is 62.4 Å². The molecule has 0 fully saturated rings. The number of carbonyl (C=O) groups excluding carboxylic acids is 5. The summed E-state index contributed by atoms with van der Waals surface area (Å²) in [7, 11) is 0. The molecule has 0 aromatic heterocycles. The lowest BCUT2D eigenvalue weighted by atomic mass is 10.0. The second kappa shape index (κ2) is 44.4. The average molecular weight is 905 g/mol. The van der Waals surface area contributed by atoms with Gasteiger partial charge in [-0.1, -0.05) is 104 Å². The molecule has 0 spiro atoms. The molecule has 19 heteroatoms. The minimum absolute atomic E-state index is 0.0237. The molecular formula is C44H80N4O15. The van der Waals surface area contributed by atoms with Gasteiger partial charge in [0, 0.05) is 38.3 Å². The largest absolute Gasteiger partial charge is 0.481 e. The van der Waals surface area contributed by atoms with Gasteiger partial charge in [0.2, 0.25) is 24.1 Å². The van der Waals surface area contributed by atoms with Gasteiger partial charge in [0.25, 0.3) is 0 Å². The molecule has 2 atom stereocenters. The van der Waals surface area contributed by atoms with Crippen molar-refractivity contribution in [2.75, 3.05) is 65.9 Å². The molecule has 0 saturated carbocycles. The first-order valence-electron chi connectivity index (χ1n) is 22.8. The van der Waals surface area contributed by atoms with Gasteiger partial charge in [-0.15, -0.1) is 0 Å². The third-order valence-electron chi connectivity index (χ3n) is 9.46. The van der Waals surface area contributed by atoms with Gasteiger partial charge in [-0.25, -0.2) is 9.59 Å². The molecule has 19 nitrogen and oxygen atoms in total. The molecule has 0 aromatic rings. The number of hydrogen-bond donors (Lipinski definition) is 7. The second-order valence-electron chi connectivity index (χ2n) is 15.5.